The number of rotatable bonds is 5. The molecule has 0 aliphatic heterocycles. The Bertz CT molecular complexity index is 826. The van der Waals surface area contributed by atoms with Crippen LogP contribution in [0.2, 0.25) is 0 Å². The normalized spacial score (nSPS) is 10.9. The van der Waals surface area contributed by atoms with Crippen molar-refractivity contribution in [3.05, 3.63) is 59.2 Å². The number of carbonyl (C=O) groups is 1. The van der Waals surface area contributed by atoms with Crippen LogP contribution >= 0.6 is 0 Å². The molecule has 2 heterocycles. The molecule has 6 heteroatoms. The highest BCUT2D eigenvalue weighted by Crippen LogP contribution is 2.05. The van der Waals surface area contributed by atoms with E-state index in [1.165, 1.54) is 5.56 Å². The van der Waals surface area contributed by atoms with Gasteiger partial charge in [-0.05, 0) is 31.9 Å². The van der Waals surface area contributed by atoms with Crippen LogP contribution in [0.15, 0.2) is 36.4 Å². The number of aryl methyl sites for hydroxylation is 2. The van der Waals surface area contributed by atoms with Gasteiger partial charge < -0.3 is 5.32 Å². The highest BCUT2D eigenvalue weighted by molar-refractivity contribution is 5.77. The first-order valence-corrected chi connectivity index (χ1v) is 7.62. The molecule has 0 spiro atoms. The zero-order chi connectivity index (χ0) is 16.2. The average molecular weight is 309 g/mol. The third-order valence-corrected chi connectivity index (χ3v) is 3.56. The predicted molar refractivity (Wildman–Crippen MR) is 87.1 cm³/mol. The fourth-order valence-corrected chi connectivity index (χ4v) is 2.48. The van der Waals surface area contributed by atoms with Gasteiger partial charge >= 0.3 is 0 Å². The Morgan fingerprint density at radius 2 is 1.96 bits per heavy atom. The van der Waals surface area contributed by atoms with Crippen LogP contribution in [0.4, 0.5) is 0 Å². The van der Waals surface area contributed by atoms with Crippen LogP contribution in [-0.2, 0) is 17.6 Å². The molecular formula is C17H19N5O. The molecule has 118 valence electrons. The molecule has 0 saturated carbocycles. The summed E-state index contributed by atoms with van der Waals surface area (Å²) in [7, 11) is 0. The van der Waals surface area contributed by atoms with Gasteiger partial charge in [-0.25, -0.2) is 9.50 Å². The molecule has 1 N–H and O–H groups in total. The highest BCUT2D eigenvalue weighted by Gasteiger charge is 2.11. The molecule has 2 aromatic heterocycles. The molecular weight excluding hydrogens is 290 g/mol. The number of aromatic nitrogens is 4. The molecule has 0 fully saturated rings. The van der Waals surface area contributed by atoms with Crippen molar-refractivity contribution in [3.63, 3.8) is 0 Å². The summed E-state index contributed by atoms with van der Waals surface area (Å²) in [5, 5.41) is 7.24. The van der Waals surface area contributed by atoms with Crippen LogP contribution in [0.3, 0.4) is 0 Å². The van der Waals surface area contributed by atoms with E-state index < -0.39 is 0 Å². The number of amides is 1. The lowest BCUT2D eigenvalue weighted by Gasteiger charge is -2.03. The van der Waals surface area contributed by atoms with E-state index in [1.54, 1.807) is 4.52 Å². The third kappa shape index (κ3) is 3.71. The maximum Gasteiger partial charge on any atom is 0.252 e. The second-order valence-electron chi connectivity index (χ2n) is 5.54. The molecule has 1 amide bonds. The summed E-state index contributed by atoms with van der Waals surface area (Å²) in [6.45, 7) is 4.46. The monoisotopic (exact) mass is 309 g/mol. The van der Waals surface area contributed by atoms with Gasteiger partial charge in [0, 0.05) is 17.9 Å². The van der Waals surface area contributed by atoms with Crippen LogP contribution < -0.4 is 5.32 Å². The Balaban J connectivity index is 1.58. The first-order chi connectivity index (χ1) is 11.1. The predicted octanol–water partition coefficient (Wildman–Crippen LogP) is 1.64. The van der Waals surface area contributed by atoms with Gasteiger partial charge in [0.2, 0.25) is 5.91 Å². The standard InChI is InChI=1S/C17H19N5O/c1-12-10-13(2)22-17(19-12)20-15(21-22)11-16(23)18-9-8-14-6-4-3-5-7-14/h3-7,10H,8-9,11H2,1-2H3,(H,18,23). The zero-order valence-corrected chi connectivity index (χ0v) is 13.3. The second kappa shape index (κ2) is 6.56. The van der Waals surface area contributed by atoms with Crippen molar-refractivity contribution in [2.75, 3.05) is 6.54 Å². The molecule has 1 aromatic carbocycles. The van der Waals surface area contributed by atoms with E-state index in [0.29, 0.717) is 18.1 Å². The van der Waals surface area contributed by atoms with Crippen molar-refractivity contribution in [3.8, 4) is 0 Å². The smallest absolute Gasteiger partial charge is 0.252 e. The van der Waals surface area contributed by atoms with E-state index in [2.05, 4.69) is 20.4 Å². The van der Waals surface area contributed by atoms with Crippen molar-refractivity contribution in [1.82, 2.24) is 24.9 Å². The van der Waals surface area contributed by atoms with E-state index in [-0.39, 0.29) is 12.3 Å². The van der Waals surface area contributed by atoms with Crippen molar-refractivity contribution in [2.45, 2.75) is 26.7 Å². The summed E-state index contributed by atoms with van der Waals surface area (Å²) < 4.78 is 1.67. The van der Waals surface area contributed by atoms with E-state index in [0.717, 1.165) is 17.8 Å². The van der Waals surface area contributed by atoms with Crippen molar-refractivity contribution < 1.29 is 4.79 Å². The summed E-state index contributed by atoms with van der Waals surface area (Å²) in [4.78, 5) is 20.7. The number of hydrogen-bond acceptors (Lipinski definition) is 4. The fraction of sp³-hybridized carbons (Fsp3) is 0.294. The van der Waals surface area contributed by atoms with Gasteiger partial charge in [0.1, 0.15) is 0 Å². The molecule has 0 aliphatic rings. The lowest BCUT2D eigenvalue weighted by molar-refractivity contribution is -0.120. The van der Waals surface area contributed by atoms with Gasteiger partial charge in [0.05, 0.1) is 6.42 Å². The molecule has 0 bridgehead atoms. The Labute approximate surface area is 134 Å². The summed E-state index contributed by atoms with van der Waals surface area (Å²) >= 11 is 0. The first kappa shape index (κ1) is 15.1. The van der Waals surface area contributed by atoms with E-state index >= 15 is 0 Å². The lowest BCUT2D eigenvalue weighted by atomic mass is 10.1. The van der Waals surface area contributed by atoms with Gasteiger partial charge in [-0.2, -0.15) is 4.98 Å². The molecule has 3 rings (SSSR count). The number of nitrogens with one attached hydrogen (secondary N) is 1. The van der Waals surface area contributed by atoms with Gasteiger partial charge in [-0.1, -0.05) is 30.3 Å². The topological polar surface area (TPSA) is 72.2 Å². The molecule has 0 aliphatic carbocycles. The number of benzene rings is 1. The summed E-state index contributed by atoms with van der Waals surface area (Å²) in [5.74, 6) is 0.948. The van der Waals surface area contributed by atoms with E-state index in [4.69, 9.17) is 0 Å². The van der Waals surface area contributed by atoms with Crippen molar-refractivity contribution in [2.24, 2.45) is 0 Å². The van der Waals surface area contributed by atoms with Crippen LogP contribution in [0.5, 0.6) is 0 Å². The van der Waals surface area contributed by atoms with Gasteiger partial charge in [-0.3, -0.25) is 4.79 Å². The third-order valence-electron chi connectivity index (χ3n) is 3.56. The highest BCUT2D eigenvalue weighted by atomic mass is 16.1. The van der Waals surface area contributed by atoms with Gasteiger partial charge in [0.25, 0.3) is 5.78 Å². The molecule has 0 saturated heterocycles. The van der Waals surface area contributed by atoms with Gasteiger partial charge in [-0.15, -0.1) is 5.10 Å². The second-order valence-corrected chi connectivity index (χ2v) is 5.54. The van der Waals surface area contributed by atoms with Crippen LogP contribution in [0.25, 0.3) is 5.78 Å². The van der Waals surface area contributed by atoms with E-state index in [9.17, 15) is 4.79 Å². The molecule has 6 nitrogen and oxygen atoms in total. The Morgan fingerprint density at radius 3 is 2.74 bits per heavy atom. The maximum absolute atomic E-state index is 12.0. The summed E-state index contributed by atoms with van der Waals surface area (Å²) in [5.41, 5.74) is 3.05. The SMILES string of the molecule is Cc1cc(C)n2nc(CC(=O)NCCc3ccccc3)nc2n1. The number of hydrogen-bond donors (Lipinski definition) is 1. The lowest BCUT2D eigenvalue weighted by Crippen LogP contribution is -2.27. The summed E-state index contributed by atoms with van der Waals surface area (Å²) in [6.07, 6.45) is 0.974. The molecule has 0 radical (unpaired) electrons. The maximum atomic E-state index is 12.0. The largest absolute Gasteiger partial charge is 0.355 e. The molecule has 3 aromatic rings. The number of fused-ring (bicyclic) bond motifs is 1. The Morgan fingerprint density at radius 1 is 1.17 bits per heavy atom. The van der Waals surface area contributed by atoms with E-state index in [1.807, 2.05) is 50.2 Å². The quantitative estimate of drug-likeness (QED) is 0.778. The van der Waals surface area contributed by atoms with Crippen LogP contribution in [0.1, 0.15) is 22.8 Å². The van der Waals surface area contributed by atoms with Crippen molar-refractivity contribution >= 4 is 11.7 Å². The average Bonchev–Trinajstić information content (AvgIpc) is 2.91. The molecule has 23 heavy (non-hydrogen) atoms. The van der Waals surface area contributed by atoms with Crippen molar-refractivity contribution in [1.29, 1.82) is 0 Å². The Kier molecular flexibility index (Phi) is 4.32. The Hall–Kier alpha value is -2.76. The summed E-state index contributed by atoms with van der Waals surface area (Å²) in [6, 6.07) is 12.0. The fourth-order valence-electron chi connectivity index (χ4n) is 2.48. The molecule has 0 atom stereocenters. The first-order valence-electron chi connectivity index (χ1n) is 7.62. The van der Waals surface area contributed by atoms with Crippen LogP contribution in [0, 0.1) is 13.8 Å². The zero-order valence-electron chi connectivity index (χ0n) is 13.3. The number of nitrogens with zero attached hydrogens (tertiary/aromatic N) is 4. The molecule has 0 unspecified atom stereocenters. The minimum absolute atomic E-state index is 0.0776. The van der Waals surface area contributed by atoms with Crippen LogP contribution in [-0.4, -0.2) is 32.0 Å². The van der Waals surface area contributed by atoms with Gasteiger partial charge in [0.15, 0.2) is 5.82 Å². The minimum Gasteiger partial charge on any atom is -0.355 e. The minimum atomic E-state index is -0.0776. The number of carbonyl (C=O) groups excluding carboxylic acids is 1.